The summed E-state index contributed by atoms with van der Waals surface area (Å²) in [6.45, 7) is 1.37. The van der Waals surface area contributed by atoms with Crippen LogP contribution in [0.2, 0.25) is 5.02 Å². The number of benzene rings is 1. The van der Waals surface area contributed by atoms with Crippen molar-refractivity contribution in [1.29, 1.82) is 0 Å². The summed E-state index contributed by atoms with van der Waals surface area (Å²) in [5.41, 5.74) is 0. The molecule has 23 heavy (non-hydrogen) atoms. The number of amides is 2. The lowest BCUT2D eigenvalue weighted by Crippen LogP contribution is -2.37. The Morgan fingerprint density at radius 3 is 2.78 bits per heavy atom. The van der Waals surface area contributed by atoms with Crippen LogP contribution in [0.1, 0.15) is 5.76 Å². The Hall–Kier alpha value is -2.54. The van der Waals surface area contributed by atoms with E-state index in [4.69, 9.17) is 20.9 Å². The van der Waals surface area contributed by atoms with Gasteiger partial charge in [-0.3, -0.25) is 9.59 Å². The van der Waals surface area contributed by atoms with E-state index in [0.29, 0.717) is 22.4 Å². The van der Waals surface area contributed by atoms with Gasteiger partial charge in [0.05, 0.1) is 11.6 Å². The van der Waals surface area contributed by atoms with E-state index in [1.807, 2.05) is 0 Å². The molecule has 0 aliphatic heterocycles. The molecular weight excluding hydrogens is 322 g/mol. The highest BCUT2D eigenvalue weighted by Gasteiger charge is 2.15. The van der Waals surface area contributed by atoms with Crippen molar-refractivity contribution >= 4 is 29.2 Å². The largest absolute Gasteiger partial charge is 0.482 e. The number of nitrogens with one attached hydrogen (secondary N) is 1. The molecule has 0 atom stereocenters. The van der Waals surface area contributed by atoms with E-state index >= 15 is 0 Å². The van der Waals surface area contributed by atoms with Crippen molar-refractivity contribution in [2.75, 3.05) is 25.5 Å². The number of carbonyl (C=O) groups is 2. The Morgan fingerprint density at radius 1 is 1.39 bits per heavy atom. The fourth-order valence-corrected chi connectivity index (χ4v) is 1.91. The number of likely N-dealkylation sites (N-methyl/N-ethyl adjacent to an activating group) is 1. The number of rotatable bonds is 6. The summed E-state index contributed by atoms with van der Waals surface area (Å²) in [5, 5.41) is 6.59. The first-order valence-corrected chi connectivity index (χ1v) is 7.18. The predicted molar refractivity (Wildman–Crippen MR) is 84.5 cm³/mol. The van der Waals surface area contributed by atoms with Crippen LogP contribution in [-0.2, 0) is 9.59 Å². The third-order valence-electron chi connectivity index (χ3n) is 2.89. The molecule has 0 spiro atoms. The zero-order valence-corrected chi connectivity index (χ0v) is 13.5. The first-order valence-electron chi connectivity index (χ1n) is 6.80. The molecule has 2 aromatic rings. The van der Waals surface area contributed by atoms with Crippen LogP contribution in [0.25, 0.3) is 0 Å². The number of anilines is 1. The van der Waals surface area contributed by atoms with Gasteiger partial charge in [0.2, 0.25) is 5.91 Å². The molecule has 0 fully saturated rings. The van der Waals surface area contributed by atoms with Crippen LogP contribution < -0.4 is 10.1 Å². The van der Waals surface area contributed by atoms with Crippen molar-refractivity contribution in [2.24, 2.45) is 0 Å². The lowest BCUT2D eigenvalue weighted by molar-refractivity contribution is -0.135. The van der Waals surface area contributed by atoms with Gasteiger partial charge >= 0.3 is 0 Å². The summed E-state index contributed by atoms with van der Waals surface area (Å²) >= 11 is 5.93. The van der Waals surface area contributed by atoms with Crippen LogP contribution in [0.15, 0.2) is 34.9 Å². The second kappa shape index (κ2) is 7.64. The molecule has 0 bridgehead atoms. The van der Waals surface area contributed by atoms with Crippen LogP contribution in [0.5, 0.6) is 5.75 Å². The van der Waals surface area contributed by atoms with Crippen molar-refractivity contribution in [2.45, 2.75) is 6.92 Å². The second-order valence-electron chi connectivity index (χ2n) is 4.84. The molecule has 1 aromatic heterocycles. The van der Waals surface area contributed by atoms with E-state index in [1.54, 1.807) is 37.3 Å². The Bertz CT molecular complexity index is 702. The maximum absolute atomic E-state index is 12.0. The number of aryl methyl sites for hydroxylation is 1. The number of para-hydroxylation sites is 1. The Morgan fingerprint density at radius 2 is 2.13 bits per heavy atom. The molecule has 2 rings (SSSR count). The van der Waals surface area contributed by atoms with E-state index in [2.05, 4.69) is 10.5 Å². The highest BCUT2D eigenvalue weighted by molar-refractivity contribution is 6.32. The summed E-state index contributed by atoms with van der Waals surface area (Å²) in [5.74, 6) is 0.570. The molecule has 2 amide bonds. The van der Waals surface area contributed by atoms with Gasteiger partial charge in [0.1, 0.15) is 11.5 Å². The number of ether oxygens (including phenoxy) is 1. The number of halogens is 1. The van der Waals surface area contributed by atoms with Gasteiger partial charge in [-0.2, -0.15) is 0 Å². The molecule has 1 aromatic carbocycles. The number of nitrogens with zero attached hydrogens (tertiary/aromatic N) is 2. The zero-order chi connectivity index (χ0) is 16.8. The maximum Gasteiger partial charge on any atom is 0.260 e. The van der Waals surface area contributed by atoms with Gasteiger partial charge in [-0.25, -0.2) is 0 Å². The molecule has 122 valence electrons. The number of carbonyl (C=O) groups excluding carboxylic acids is 2. The smallest absolute Gasteiger partial charge is 0.260 e. The highest BCUT2D eigenvalue weighted by atomic mass is 35.5. The average Bonchev–Trinajstić information content (AvgIpc) is 2.90. The molecule has 1 heterocycles. The first kappa shape index (κ1) is 16.8. The van der Waals surface area contributed by atoms with E-state index in [1.165, 1.54) is 11.9 Å². The maximum atomic E-state index is 12.0. The van der Waals surface area contributed by atoms with Crippen LogP contribution in [0.3, 0.4) is 0 Å². The number of hydrogen-bond donors (Lipinski definition) is 1. The van der Waals surface area contributed by atoms with Gasteiger partial charge in [-0.15, -0.1) is 0 Å². The SMILES string of the molecule is Cc1cc(NC(=O)CN(C)C(=O)COc2ccccc2Cl)no1. The summed E-state index contributed by atoms with van der Waals surface area (Å²) in [4.78, 5) is 25.0. The Kier molecular flexibility index (Phi) is 5.59. The molecule has 0 radical (unpaired) electrons. The third-order valence-corrected chi connectivity index (χ3v) is 3.20. The fourth-order valence-electron chi connectivity index (χ4n) is 1.72. The van der Waals surface area contributed by atoms with Crippen molar-refractivity contribution in [1.82, 2.24) is 10.1 Å². The molecule has 0 unspecified atom stereocenters. The molecule has 0 saturated carbocycles. The van der Waals surface area contributed by atoms with Crippen LogP contribution in [0, 0.1) is 6.92 Å². The van der Waals surface area contributed by atoms with Crippen LogP contribution in [-0.4, -0.2) is 42.1 Å². The quantitative estimate of drug-likeness (QED) is 0.872. The fraction of sp³-hybridized carbons (Fsp3) is 0.267. The monoisotopic (exact) mass is 337 g/mol. The number of aromatic nitrogens is 1. The minimum absolute atomic E-state index is 0.128. The van der Waals surface area contributed by atoms with Gasteiger partial charge < -0.3 is 19.5 Å². The van der Waals surface area contributed by atoms with Crippen LogP contribution >= 0.6 is 11.6 Å². The molecule has 1 N–H and O–H groups in total. The average molecular weight is 338 g/mol. The molecule has 0 aliphatic carbocycles. The normalized spacial score (nSPS) is 10.2. The van der Waals surface area contributed by atoms with Gasteiger partial charge in [0.15, 0.2) is 12.4 Å². The lowest BCUT2D eigenvalue weighted by Gasteiger charge is -2.16. The minimum atomic E-state index is -0.383. The van der Waals surface area contributed by atoms with Gasteiger partial charge in [0, 0.05) is 13.1 Å². The number of hydrogen-bond acceptors (Lipinski definition) is 5. The standard InChI is InChI=1S/C15H16ClN3O4/c1-10-7-13(18-23-10)17-14(20)8-19(2)15(21)9-22-12-6-4-3-5-11(12)16/h3-7H,8-9H2,1-2H3,(H,17,18,20). The van der Waals surface area contributed by atoms with E-state index in [9.17, 15) is 9.59 Å². The summed E-state index contributed by atoms with van der Waals surface area (Å²) in [6.07, 6.45) is 0. The Labute approximate surface area is 138 Å². The van der Waals surface area contributed by atoms with Crippen LogP contribution in [0.4, 0.5) is 5.82 Å². The molecule has 8 heteroatoms. The van der Waals surface area contributed by atoms with E-state index in [0.717, 1.165) is 0 Å². The molecule has 7 nitrogen and oxygen atoms in total. The van der Waals surface area contributed by atoms with Crippen molar-refractivity contribution in [3.8, 4) is 5.75 Å². The predicted octanol–water partition coefficient (Wildman–Crippen LogP) is 2.11. The second-order valence-corrected chi connectivity index (χ2v) is 5.25. The minimum Gasteiger partial charge on any atom is -0.482 e. The van der Waals surface area contributed by atoms with Gasteiger partial charge in [-0.1, -0.05) is 28.9 Å². The highest BCUT2D eigenvalue weighted by Crippen LogP contribution is 2.22. The Balaban J connectivity index is 1.80. The van der Waals surface area contributed by atoms with Crippen molar-refractivity contribution in [3.63, 3.8) is 0 Å². The molecule has 0 saturated heterocycles. The van der Waals surface area contributed by atoms with Gasteiger partial charge in [0.25, 0.3) is 5.91 Å². The van der Waals surface area contributed by atoms with Gasteiger partial charge in [-0.05, 0) is 19.1 Å². The molecule has 0 aliphatic rings. The lowest BCUT2D eigenvalue weighted by atomic mass is 10.3. The summed E-state index contributed by atoms with van der Waals surface area (Å²) < 4.78 is 10.2. The molecular formula is C15H16ClN3O4. The summed E-state index contributed by atoms with van der Waals surface area (Å²) in [7, 11) is 1.51. The first-order chi connectivity index (χ1) is 11.0. The third kappa shape index (κ3) is 5.00. The van der Waals surface area contributed by atoms with E-state index < -0.39 is 0 Å². The summed E-state index contributed by atoms with van der Waals surface area (Å²) in [6, 6.07) is 8.43. The van der Waals surface area contributed by atoms with Crippen molar-refractivity contribution in [3.05, 3.63) is 41.1 Å². The topological polar surface area (TPSA) is 84.7 Å². The van der Waals surface area contributed by atoms with Crippen molar-refractivity contribution < 1.29 is 18.8 Å². The zero-order valence-electron chi connectivity index (χ0n) is 12.7. The van der Waals surface area contributed by atoms with E-state index in [-0.39, 0.29) is 25.0 Å².